The summed E-state index contributed by atoms with van der Waals surface area (Å²) in [7, 11) is 0. The van der Waals surface area contributed by atoms with Crippen LogP contribution < -0.4 is 4.74 Å². The molecule has 2 aromatic rings. The summed E-state index contributed by atoms with van der Waals surface area (Å²) < 4.78 is 6.11. The van der Waals surface area contributed by atoms with Gasteiger partial charge in [-0.1, -0.05) is 26.0 Å². The van der Waals surface area contributed by atoms with Crippen LogP contribution in [0.1, 0.15) is 39.5 Å². The number of aromatic nitrogens is 2. The smallest absolute Gasteiger partial charge is 0.226 e. The minimum atomic E-state index is 0.234. The highest BCUT2D eigenvalue weighted by atomic mass is 35.5. The minimum absolute atomic E-state index is 0.234. The first kappa shape index (κ1) is 13.6. The maximum atomic E-state index is 6.11. The summed E-state index contributed by atoms with van der Waals surface area (Å²) in [6.45, 7) is 4.64. The van der Waals surface area contributed by atoms with Gasteiger partial charge in [0.2, 0.25) is 11.2 Å². The van der Waals surface area contributed by atoms with Gasteiger partial charge in [-0.25, -0.2) is 4.98 Å². The minimum Gasteiger partial charge on any atom is -0.474 e. The van der Waals surface area contributed by atoms with Crippen LogP contribution in [0.25, 0.3) is 10.9 Å². The molecule has 106 valence electrons. The maximum absolute atomic E-state index is 6.11. The highest BCUT2D eigenvalue weighted by molar-refractivity contribution is 6.28. The molecule has 20 heavy (non-hydrogen) atoms. The fourth-order valence-corrected chi connectivity index (χ4v) is 2.93. The van der Waals surface area contributed by atoms with Crippen molar-refractivity contribution in [1.82, 2.24) is 9.97 Å². The van der Waals surface area contributed by atoms with E-state index >= 15 is 0 Å². The number of benzene rings is 1. The van der Waals surface area contributed by atoms with Crippen LogP contribution in [0.4, 0.5) is 0 Å². The van der Waals surface area contributed by atoms with E-state index in [-0.39, 0.29) is 11.4 Å². The Bertz CT molecular complexity index is 617. The lowest BCUT2D eigenvalue weighted by molar-refractivity contribution is 0.0962. The second-order valence-electron chi connectivity index (χ2n) is 6.30. The number of fused-ring (bicyclic) bond motifs is 1. The molecule has 4 heteroatoms. The summed E-state index contributed by atoms with van der Waals surface area (Å²) in [6, 6.07) is 7.82. The average molecular weight is 291 g/mol. The maximum Gasteiger partial charge on any atom is 0.226 e. The van der Waals surface area contributed by atoms with Crippen molar-refractivity contribution in [3.63, 3.8) is 0 Å². The molecule has 0 bridgehead atoms. The van der Waals surface area contributed by atoms with E-state index in [1.54, 1.807) is 0 Å². The molecule has 3 rings (SSSR count). The Morgan fingerprint density at radius 3 is 2.60 bits per heavy atom. The zero-order chi connectivity index (χ0) is 14.2. The first-order valence-corrected chi connectivity index (χ1v) is 7.50. The van der Waals surface area contributed by atoms with E-state index in [0.29, 0.717) is 11.3 Å². The predicted molar refractivity (Wildman–Crippen MR) is 81.2 cm³/mol. The number of ether oxygens (including phenoxy) is 1. The lowest BCUT2D eigenvalue weighted by Crippen LogP contribution is -2.28. The predicted octanol–water partition coefficient (Wildman–Crippen LogP) is 4.63. The highest BCUT2D eigenvalue weighted by Gasteiger charge is 2.28. The number of hydrogen-bond donors (Lipinski definition) is 0. The van der Waals surface area contributed by atoms with Crippen molar-refractivity contribution in [3.05, 3.63) is 29.5 Å². The summed E-state index contributed by atoms with van der Waals surface area (Å²) in [5.41, 5.74) is 1.27. The summed E-state index contributed by atoms with van der Waals surface area (Å²) in [6.07, 6.45) is 4.76. The third-order valence-corrected chi connectivity index (χ3v) is 4.27. The Balaban J connectivity index is 1.84. The van der Waals surface area contributed by atoms with E-state index in [9.17, 15) is 0 Å². The fourth-order valence-electron chi connectivity index (χ4n) is 2.76. The fraction of sp³-hybridized carbons (Fsp3) is 0.500. The molecule has 0 radical (unpaired) electrons. The normalized spacial score (nSPS) is 19.1. The molecule has 1 saturated carbocycles. The van der Waals surface area contributed by atoms with Crippen LogP contribution in [0.2, 0.25) is 5.28 Å². The Morgan fingerprint density at radius 1 is 1.15 bits per heavy atom. The van der Waals surface area contributed by atoms with Crippen LogP contribution >= 0.6 is 11.6 Å². The van der Waals surface area contributed by atoms with Gasteiger partial charge in [0.1, 0.15) is 6.10 Å². The van der Waals surface area contributed by atoms with Gasteiger partial charge < -0.3 is 4.74 Å². The molecule has 1 aliphatic rings. The van der Waals surface area contributed by atoms with E-state index in [1.165, 1.54) is 12.8 Å². The van der Waals surface area contributed by atoms with E-state index < -0.39 is 0 Å². The van der Waals surface area contributed by atoms with E-state index in [2.05, 4.69) is 23.8 Å². The summed E-state index contributed by atoms with van der Waals surface area (Å²) in [4.78, 5) is 8.49. The van der Waals surface area contributed by atoms with Crippen LogP contribution in [0.5, 0.6) is 5.88 Å². The largest absolute Gasteiger partial charge is 0.474 e. The second kappa shape index (κ2) is 5.21. The third-order valence-electron chi connectivity index (χ3n) is 4.11. The van der Waals surface area contributed by atoms with Crippen molar-refractivity contribution < 1.29 is 4.74 Å². The molecule has 0 N–H and O–H groups in total. The van der Waals surface area contributed by atoms with E-state index in [1.807, 2.05) is 24.3 Å². The standard InChI is InChI=1S/C16H19ClN2O/c1-16(2)9-7-11(8-10-16)20-14-12-5-3-4-6-13(12)18-15(17)19-14/h3-6,11H,7-10H2,1-2H3. The van der Waals surface area contributed by atoms with Gasteiger partial charge in [-0.15, -0.1) is 0 Å². The highest BCUT2D eigenvalue weighted by Crippen LogP contribution is 2.37. The molecule has 0 saturated heterocycles. The average Bonchev–Trinajstić information content (AvgIpc) is 2.41. The Labute approximate surface area is 124 Å². The van der Waals surface area contributed by atoms with Gasteiger partial charge in [-0.2, -0.15) is 4.98 Å². The molecule has 1 aliphatic carbocycles. The van der Waals surface area contributed by atoms with Crippen LogP contribution in [-0.4, -0.2) is 16.1 Å². The molecule has 3 nitrogen and oxygen atoms in total. The zero-order valence-corrected chi connectivity index (χ0v) is 12.7. The molecule has 0 atom stereocenters. The molecule has 0 aliphatic heterocycles. The van der Waals surface area contributed by atoms with Crippen molar-refractivity contribution in [2.24, 2.45) is 5.41 Å². The van der Waals surface area contributed by atoms with Crippen molar-refractivity contribution in [1.29, 1.82) is 0 Å². The summed E-state index contributed by atoms with van der Waals surface area (Å²) in [5.74, 6) is 0.616. The first-order chi connectivity index (χ1) is 9.53. The number of nitrogens with zero attached hydrogens (tertiary/aromatic N) is 2. The molecule has 1 aromatic carbocycles. The molecular weight excluding hydrogens is 272 g/mol. The van der Waals surface area contributed by atoms with E-state index in [4.69, 9.17) is 16.3 Å². The van der Waals surface area contributed by atoms with Gasteiger partial charge in [0.25, 0.3) is 0 Å². The van der Waals surface area contributed by atoms with Gasteiger partial charge in [0, 0.05) is 0 Å². The third kappa shape index (κ3) is 2.88. The molecule has 0 unspecified atom stereocenters. The topological polar surface area (TPSA) is 35.0 Å². The quantitative estimate of drug-likeness (QED) is 0.756. The van der Waals surface area contributed by atoms with E-state index in [0.717, 1.165) is 23.7 Å². The van der Waals surface area contributed by atoms with Gasteiger partial charge >= 0.3 is 0 Å². The monoisotopic (exact) mass is 290 g/mol. The lowest BCUT2D eigenvalue weighted by atomic mass is 9.76. The SMILES string of the molecule is CC1(C)CCC(Oc2nc(Cl)nc3ccccc23)CC1. The van der Waals surface area contributed by atoms with Gasteiger partial charge in [0.05, 0.1) is 10.9 Å². The number of rotatable bonds is 2. The van der Waals surface area contributed by atoms with Crippen molar-refractivity contribution in [2.45, 2.75) is 45.6 Å². The number of para-hydroxylation sites is 1. The second-order valence-corrected chi connectivity index (χ2v) is 6.63. The Hall–Kier alpha value is -1.35. The number of hydrogen-bond acceptors (Lipinski definition) is 3. The van der Waals surface area contributed by atoms with Gasteiger partial charge in [-0.3, -0.25) is 0 Å². The summed E-state index contributed by atoms with van der Waals surface area (Å²) in [5, 5.41) is 1.18. The lowest BCUT2D eigenvalue weighted by Gasteiger charge is -2.34. The molecule has 1 heterocycles. The summed E-state index contributed by atoms with van der Waals surface area (Å²) >= 11 is 5.98. The van der Waals surface area contributed by atoms with Gasteiger partial charge in [-0.05, 0) is 54.8 Å². The Morgan fingerprint density at radius 2 is 1.85 bits per heavy atom. The van der Waals surface area contributed by atoms with Crippen LogP contribution in [0.15, 0.2) is 24.3 Å². The Kier molecular flexibility index (Phi) is 3.55. The van der Waals surface area contributed by atoms with Crippen molar-refractivity contribution >= 4 is 22.5 Å². The molecule has 0 amide bonds. The van der Waals surface area contributed by atoms with Gasteiger partial charge in [0.15, 0.2) is 0 Å². The van der Waals surface area contributed by atoms with Crippen LogP contribution in [0, 0.1) is 5.41 Å². The van der Waals surface area contributed by atoms with Crippen molar-refractivity contribution in [3.8, 4) is 5.88 Å². The van der Waals surface area contributed by atoms with Crippen LogP contribution in [-0.2, 0) is 0 Å². The van der Waals surface area contributed by atoms with Crippen LogP contribution in [0.3, 0.4) is 0 Å². The zero-order valence-electron chi connectivity index (χ0n) is 11.9. The molecule has 1 aromatic heterocycles. The number of halogens is 1. The molecule has 0 spiro atoms. The molecular formula is C16H19ClN2O. The first-order valence-electron chi connectivity index (χ1n) is 7.12. The van der Waals surface area contributed by atoms with Crippen molar-refractivity contribution in [2.75, 3.05) is 0 Å². The molecule has 1 fully saturated rings.